The van der Waals surface area contributed by atoms with E-state index in [2.05, 4.69) is 0 Å². The van der Waals surface area contributed by atoms with Crippen LogP contribution in [0, 0.1) is 0 Å². The van der Waals surface area contributed by atoms with Crippen molar-refractivity contribution >= 4 is 45.1 Å². The van der Waals surface area contributed by atoms with Crippen molar-refractivity contribution in [2.75, 3.05) is 6.54 Å². The van der Waals surface area contributed by atoms with Gasteiger partial charge in [0.15, 0.2) is 0 Å². The molecule has 0 bridgehead atoms. The van der Waals surface area contributed by atoms with Crippen molar-refractivity contribution in [2.45, 2.75) is 24.8 Å². The lowest BCUT2D eigenvalue weighted by Crippen LogP contribution is -2.35. The van der Waals surface area contributed by atoms with Crippen LogP contribution < -0.4 is 4.18 Å². The van der Waals surface area contributed by atoms with Gasteiger partial charge in [-0.05, 0) is 49.9 Å². The van der Waals surface area contributed by atoms with E-state index < -0.39 is 33.8 Å². The fourth-order valence-electron chi connectivity index (χ4n) is 2.64. The number of esters is 1. The molecule has 8 nitrogen and oxygen atoms in total. The van der Waals surface area contributed by atoms with E-state index in [4.69, 9.17) is 8.92 Å². The minimum absolute atomic E-state index is 0.00244. The van der Waals surface area contributed by atoms with Crippen LogP contribution in [0.3, 0.4) is 0 Å². The van der Waals surface area contributed by atoms with E-state index in [1.807, 2.05) is 0 Å². The Balaban J connectivity index is 1.84. The van der Waals surface area contributed by atoms with Crippen molar-refractivity contribution < 1.29 is 31.7 Å². The van der Waals surface area contributed by atoms with Crippen LogP contribution in [0.15, 0.2) is 64.4 Å². The van der Waals surface area contributed by atoms with Gasteiger partial charge in [-0.15, -0.1) is 0 Å². The van der Waals surface area contributed by atoms with Gasteiger partial charge < -0.3 is 8.92 Å². The standard InChI is InChI=1S/C21H19NO7S2/c1-14(2)28-19(23)13-22-20(24)18(30-21(22)25)12-15-8-6-7-11-17(15)29-31(26,27)16-9-4-3-5-10-16/h3-12,14H,13H2,1-2H3/b18-12-. The number of amides is 2. The number of para-hydroxylation sites is 1. The van der Waals surface area contributed by atoms with Crippen molar-refractivity contribution in [3.63, 3.8) is 0 Å². The molecule has 0 N–H and O–H groups in total. The van der Waals surface area contributed by atoms with Crippen LogP contribution in [0.4, 0.5) is 4.79 Å². The Bertz CT molecular complexity index is 1140. The van der Waals surface area contributed by atoms with Gasteiger partial charge in [-0.2, -0.15) is 8.42 Å². The summed E-state index contributed by atoms with van der Waals surface area (Å²) in [4.78, 5) is 37.4. The van der Waals surface area contributed by atoms with Gasteiger partial charge >= 0.3 is 16.1 Å². The molecule has 1 heterocycles. The first-order valence-electron chi connectivity index (χ1n) is 9.21. The molecule has 2 amide bonds. The normalized spacial score (nSPS) is 15.6. The van der Waals surface area contributed by atoms with Gasteiger partial charge in [0.05, 0.1) is 11.0 Å². The lowest BCUT2D eigenvalue weighted by atomic mass is 10.2. The minimum atomic E-state index is -4.09. The summed E-state index contributed by atoms with van der Waals surface area (Å²) in [5.41, 5.74) is 0.289. The molecule has 2 aromatic rings. The molecule has 1 aliphatic heterocycles. The fourth-order valence-corrected chi connectivity index (χ4v) is 4.44. The molecular weight excluding hydrogens is 442 g/mol. The average molecular weight is 462 g/mol. The third-order valence-electron chi connectivity index (χ3n) is 3.96. The van der Waals surface area contributed by atoms with Gasteiger partial charge in [0.25, 0.3) is 11.1 Å². The lowest BCUT2D eigenvalue weighted by molar-refractivity contribution is -0.149. The summed E-state index contributed by atoms with van der Waals surface area (Å²) in [5, 5.41) is -0.618. The zero-order valence-electron chi connectivity index (χ0n) is 16.7. The highest BCUT2D eigenvalue weighted by Gasteiger charge is 2.37. The number of imide groups is 1. The van der Waals surface area contributed by atoms with E-state index in [1.54, 1.807) is 50.2 Å². The fraction of sp³-hybridized carbons (Fsp3) is 0.190. The molecule has 162 valence electrons. The maximum absolute atomic E-state index is 12.6. The SMILES string of the molecule is CC(C)OC(=O)CN1C(=O)S/C(=C\c2ccccc2OS(=O)(=O)c2ccccc2)C1=O. The molecule has 1 aliphatic rings. The summed E-state index contributed by atoms with van der Waals surface area (Å²) in [7, 11) is -4.09. The number of rotatable bonds is 7. The van der Waals surface area contributed by atoms with E-state index in [-0.39, 0.29) is 27.2 Å². The van der Waals surface area contributed by atoms with Crippen molar-refractivity contribution in [3.05, 3.63) is 65.1 Å². The molecule has 0 radical (unpaired) electrons. The smallest absolute Gasteiger partial charge is 0.339 e. The summed E-state index contributed by atoms with van der Waals surface area (Å²) in [6.07, 6.45) is 0.979. The number of thioether (sulfide) groups is 1. The van der Waals surface area contributed by atoms with Gasteiger partial charge in [0, 0.05) is 5.56 Å². The maximum Gasteiger partial charge on any atom is 0.339 e. The number of hydrogen-bond acceptors (Lipinski definition) is 8. The minimum Gasteiger partial charge on any atom is -0.462 e. The monoisotopic (exact) mass is 461 g/mol. The van der Waals surface area contributed by atoms with Crippen molar-refractivity contribution in [1.82, 2.24) is 4.90 Å². The Hall–Kier alpha value is -3.11. The highest BCUT2D eigenvalue weighted by Crippen LogP contribution is 2.34. The molecule has 0 spiro atoms. The summed E-state index contributed by atoms with van der Waals surface area (Å²) in [5.74, 6) is -1.37. The van der Waals surface area contributed by atoms with Crippen LogP contribution >= 0.6 is 11.8 Å². The Morgan fingerprint density at radius 1 is 1.06 bits per heavy atom. The predicted molar refractivity (Wildman–Crippen MR) is 115 cm³/mol. The number of hydrogen-bond donors (Lipinski definition) is 0. The van der Waals surface area contributed by atoms with Crippen LogP contribution in [0.1, 0.15) is 19.4 Å². The van der Waals surface area contributed by atoms with Crippen LogP contribution in [0.5, 0.6) is 5.75 Å². The summed E-state index contributed by atoms with van der Waals surface area (Å²) in [6, 6.07) is 13.8. The maximum atomic E-state index is 12.6. The van der Waals surface area contributed by atoms with Crippen LogP contribution in [-0.4, -0.2) is 43.1 Å². The molecule has 0 atom stereocenters. The average Bonchev–Trinajstić information content (AvgIpc) is 2.97. The van der Waals surface area contributed by atoms with Crippen molar-refractivity contribution in [3.8, 4) is 5.75 Å². The van der Waals surface area contributed by atoms with E-state index in [1.165, 1.54) is 24.3 Å². The van der Waals surface area contributed by atoms with Crippen LogP contribution in [0.25, 0.3) is 6.08 Å². The summed E-state index contributed by atoms with van der Waals surface area (Å²) in [6.45, 7) is 2.82. The summed E-state index contributed by atoms with van der Waals surface area (Å²) >= 11 is 0.646. The first kappa shape index (κ1) is 22.6. The molecule has 31 heavy (non-hydrogen) atoms. The van der Waals surface area contributed by atoms with Gasteiger partial charge in [0.1, 0.15) is 17.2 Å². The van der Waals surface area contributed by atoms with E-state index in [0.717, 1.165) is 4.90 Å². The molecule has 1 saturated heterocycles. The zero-order chi connectivity index (χ0) is 22.6. The number of benzene rings is 2. The van der Waals surface area contributed by atoms with Crippen molar-refractivity contribution in [2.24, 2.45) is 0 Å². The second-order valence-corrected chi connectivity index (χ2v) is 9.23. The van der Waals surface area contributed by atoms with Gasteiger partial charge in [-0.1, -0.05) is 36.4 Å². The third-order valence-corrected chi connectivity index (χ3v) is 6.12. The number of nitrogens with zero attached hydrogens (tertiary/aromatic N) is 1. The lowest BCUT2D eigenvalue weighted by Gasteiger charge is -2.13. The van der Waals surface area contributed by atoms with Crippen LogP contribution in [-0.2, 0) is 24.4 Å². The topological polar surface area (TPSA) is 107 Å². The number of ether oxygens (including phenoxy) is 1. The van der Waals surface area contributed by atoms with Gasteiger partial charge in [0.2, 0.25) is 0 Å². The molecule has 1 fully saturated rings. The quantitative estimate of drug-likeness (QED) is 0.351. The van der Waals surface area contributed by atoms with Gasteiger partial charge in [-0.3, -0.25) is 19.3 Å². The molecule has 0 aliphatic carbocycles. The number of carbonyl (C=O) groups is 3. The van der Waals surface area contributed by atoms with E-state index in [0.29, 0.717) is 11.8 Å². The highest BCUT2D eigenvalue weighted by molar-refractivity contribution is 8.18. The second-order valence-electron chi connectivity index (χ2n) is 6.69. The zero-order valence-corrected chi connectivity index (χ0v) is 18.3. The van der Waals surface area contributed by atoms with Gasteiger partial charge in [-0.25, -0.2) is 0 Å². The first-order valence-corrected chi connectivity index (χ1v) is 11.4. The van der Waals surface area contributed by atoms with E-state index in [9.17, 15) is 22.8 Å². The molecule has 3 rings (SSSR count). The largest absolute Gasteiger partial charge is 0.462 e. The van der Waals surface area contributed by atoms with Crippen molar-refractivity contribution in [1.29, 1.82) is 0 Å². The number of carbonyl (C=O) groups excluding carboxylic acids is 3. The Morgan fingerprint density at radius 2 is 1.71 bits per heavy atom. The molecule has 10 heteroatoms. The Kier molecular flexibility index (Phi) is 6.81. The second kappa shape index (κ2) is 9.36. The Labute approximate surface area is 184 Å². The molecular formula is C21H19NO7S2. The first-order chi connectivity index (χ1) is 14.7. The highest BCUT2D eigenvalue weighted by atomic mass is 32.2. The Morgan fingerprint density at radius 3 is 2.39 bits per heavy atom. The predicted octanol–water partition coefficient (Wildman–Crippen LogP) is 3.44. The van der Waals surface area contributed by atoms with E-state index >= 15 is 0 Å². The molecule has 0 saturated carbocycles. The third kappa shape index (κ3) is 5.53. The summed E-state index contributed by atoms with van der Waals surface area (Å²) < 4.78 is 35.3. The molecule has 2 aromatic carbocycles. The molecule has 0 aromatic heterocycles. The molecule has 0 unspecified atom stereocenters. The van der Waals surface area contributed by atoms with Crippen LogP contribution in [0.2, 0.25) is 0 Å².